The largest absolute Gasteiger partial charge is 0.379 e. The van der Waals surface area contributed by atoms with Crippen molar-refractivity contribution in [2.45, 2.75) is 13.5 Å². The lowest BCUT2D eigenvalue weighted by Gasteiger charge is -2.05. The van der Waals surface area contributed by atoms with Gasteiger partial charge in [-0.2, -0.15) is 0 Å². The number of nitrogen functional groups attached to an aromatic ring is 1. The number of hydrazine groups is 1. The van der Waals surface area contributed by atoms with E-state index in [9.17, 15) is 0 Å². The van der Waals surface area contributed by atoms with Crippen LogP contribution in [0.4, 0.5) is 11.5 Å². The molecule has 6 heteroatoms. The van der Waals surface area contributed by atoms with Crippen molar-refractivity contribution in [3.63, 3.8) is 0 Å². The summed E-state index contributed by atoms with van der Waals surface area (Å²) in [6, 6.07) is 5.55. The highest BCUT2D eigenvalue weighted by atomic mass is 16.5. The molecule has 0 amide bonds. The molecule has 0 unspecified atom stereocenters. The Morgan fingerprint density at radius 3 is 3.00 bits per heavy atom. The summed E-state index contributed by atoms with van der Waals surface area (Å²) in [5.74, 6) is 6.68. The highest BCUT2D eigenvalue weighted by Gasteiger charge is 2.00. The van der Waals surface area contributed by atoms with E-state index in [4.69, 9.17) is 10.4 Å². The van der Waals surface area contributed by atoms with E-state index in [2.05, 4.69) is 20.9 Å². The van der Waals surface area contributed by atoms with Crippen LogP contribution in [0.25, 0.3) is 0 Å². The second-order valence-electron chi connectivity index (χ2n) is 3.36. The molecular weight excluding hydrogens is 206 g/mol. The average molecular weight is 219 g/mol. The molecule has 84 valence electrons. The monoisotopic (exact) mass is 219 g/mol. The second kappa shape index (κ2) is 4.63. The molecule has 0 saturated heterocycles. The van der Waals surface area contributed by atoms with Crippen LogP contribution in [0.1, 0.15) is 11.5 Å². The van der Waals surface area contributed by atoms with Crippen LogP contribution in [0.15, 0.2) is 28.9 Å². The fourth-order valence-electron chi connectivity index (χ4n) is 1.31. The van der Waals surface area contributed by atoms with Gasteiger partial charge in [-0.1, -0.05) is 5.16 Å². The molecule has 0 aliphatic heterocycles. The Kier molecular flexibility index (Phi) is 3.02. The van der Waals surface area contributed by atoms with Gasteiger partial charge in [0, 0.05) is 24.0 Å². The number of rotatable bonds is 4. The Hall–Kier alpha value is -2.08. The molecule has 0 aliphatic rings. The summed E-state index contributed by atoms with van der Waals surface area (Å²) in [6.07, 6.45) is 1.67. The predicted octanol–water partition coefficient (Wildman–Crippen LogP) is 1.28. The fraction of sp³-hybridized carbons (Fsp3) is 0.200. The van der Waals surface area contributed by atoms with Crippen molar-refractivity contribution in [1.82, 2.24) is 10.1 Å². The normalized spacial score (nSPS) is 10.1. The number of hydrogen-bond donors (Lipinski definition) is 3. The molecule has 0 bridgehead atoms. The van der Waals surface area contributed by atoms with E-state index in [0.717, 1.165) is 17.1 Å². The Morgan fingerprint density at radius 2 is 2.31 bits per heavy atom. The minimum Gasteiger partial charge on any atom is -0.379 e. The lowest BCUT2D eigenvalue weighted by molar-refractivity contribution is 0.391. The van der Waals surface area contributed by atoms with Crippen LogP contribution in [0.2, 0.25) is 0 Å². The number of aryl methyl sites for hydroxylation is 1. The Morgan fingerprint density at radius 1 is 1.44 bits per heavy atom. The molecule has 2 heterocycles. The molecule has 2 aromatic rings. The fourth-order valence-corrected chi connectivity index (χ4v) is 1.31. The molecule has 0 spiro atoms. The lowest BCUT2D eigenvalue weighted by atomic mass is 10.3. The summed E-state index contributed by atoms with van der Waals surface area (Å²) < 4.78 is 4.96. The van der Waals surface area contributed by atoms with E-state index in [1.807, 2.05) is 25.1 Å². The zero-order chi connectivity index (χ0) is 11.4. The Balaban J connectivity index is 1.99. The average Bonchev–Trinajstić information content (AvgIpc) is 2.73. The zero-order valence-corrected chi connectivity index (χ0v) is 8.90. The highest BCUT2D eigenvalue weighted by molar-refractivity contribution is 5.51. The van der Waals surface area contributed by atoms with Gasteiger partial charge in [-0.05, 0) is 13.0 Å². The van der Waals surface area contributed by atoms with E-state index in [0.29, 0.717) is 12.4 Å². The molecule has 0 atom stereocenters. The number of hydrogen-bond acceptors (Lipinski definition) is 6. The van der Waals surface area contributed by atoms with Crippen molar-refractivity contribution >= 4 is 11.5 Å². The predicted molar refractivity (Wildman–Crippen MR) is 60.6 cm³/mol. The molecule has 0 fully saturated rings. The summed E-state index contributed by atoms with van der Waals surface area (Å²) in [5, 5.41) is 7.07. The highest BCUT2D eigenvalue weighted by Crippen LogP contribution is 2.12. The van der Waals surface area contributed by atoms with Gasteiger partial charge in [0.15, 0.2) is 0 Å². The summed E-state index contributed by atoms with van der Waals surface area (Å²) in [4.78, 5) is 4.01. The minimum atomic E-state index is 0.603. The first-order valence-corrected chi connectivity index (χ1v) is 4.86. The Labute approximate surface area is 92.8 Å². The van der Waals surface area contributed by atoms with Gasteiger partial charge in [-0.15, -0.1) is 0 Å². The maximum atomic E-state index is 5.26. The maximum Gasteiger partial charge on any atom is 0.141 e. The summed E-state index contributed by atoms with van der Waals surface area (Å²) >= 11 is 0. The second-order valence-corrected chi connectivity index (χ2v) is 3.36. The third kappa shape index (κ3) is 2.48. The van der Waals surface area contributed by atoms with Crippen LogP contribution in [0.3, 0.4) is 0 Å². The van der Waals surface area contributed by atoms with Gasteiger partial charge in [0.1, 0.15) is 17.3 Å². The zero-order valence-electron chi connectivity index (χ0n) is 8.90. The first kappa shape index (κ1) is 10.4. The van der Waals surface area contributed by atoms with Crippen molar-refractivity contribution in [3.05, 3.63) is 35.9 Å². The van der Waals surface area contributed by atoms with E-state index in [1.165, 1.54) is 0 Å². The number of nitrogens with one attached hydrogen (secondary N) is 2. The molecule has 0 aromatic carbocycles. The van der Waals surface area contributed by atoms with Crippen molar-refractivity contribution in [2.75, 3.05) is 10.7 Å². The standard InChI is InChI=1S/C10H13N5O/c1-7-4-9(15-16-7)6-13-8-2-3-12-10(5-8)14-11/h2-5H,6,11H2,1H3,(H2,12,13,14). The SMILES string of the molecule is Cc1cc(CNc2ccnc(NN)c2)no1. The van der Waals surface area contributed by atoms with Crippen LogP contribution >= 0.6 is 0 Å². The van der Waals surface area contributed by atoms with Gasteiger partial charge in [0.05, 0.1) is 6.54 Å². The summed E-state index contributed by atoms with van der Waals surface area (Å²) in [6.45, 7) is 2.46. The van der Waals surface area contributed by atoms with Crippen molar-refractivity contribution < 1.29 is 4.52 Å². The van der Waals surface area contributed by atoms with Gasteiger partial charge in [-0.3, -0.25) is 0 Å². The van der Waals surface area contributed by atoms with Crippen LogP contribution in [-0.2, 0) is 6.54 Å². The van der Waals surface area contributed by atoms with Crippen LogP contribution in [-0.4, -0.2) is 10.1 Å². The van der Waals surface area contributed by atoms with Crippen LogP contribution in [0, 0.1) is 6.92 Å². The molecule has 2 aromatic heterocycles. The van der Waals surface area contributed by atoms with E-state index >= 15 is 0 Å². The number of pyridine rings is 1. The van der Waals surface area contributed by atoms with Crippen molar-refractivity contribution in [1.29, 1.82) is 0 Å². The number of aromatic nitrogens is 2. The minimum absolute atomic E-state index is 0.603. The molecule has 4 N–H and O–H groups in total. The molecule has 0 saturated carbocycles. The summed E-state index contributed by atoms with van der Waals surface area (Å²) in [7, 11) is 0. The first-order valence-electron chi connectivity index (χ1n) is 4.86. The van der Waals surface area contributed by atoms with E-state index < -0.39 is 0 Å². The van der Waals surface area contributed by atoms with Gasteiger partial charge >= 0.3 is 0 Å². The first-order chi connectivity index (χ1) is 7.78. The smallest absolute Gasteiger partial charge is 0.141 e. The third-order valence-corrected chi connectivity index (χ3v) is 2.06. The van der Waals surface area contributed by atoms with Crippen molar-refractivity contribution in [3.8, 4) is 0 Å². The number of nitrogens with two attached hydrogens (primary N) is 1. The number of nitrogens with zero attached hydrogens (tertiary/aromatic N) is 2. The Bertz CT molecular complexity index is 468. The lowest BCUT2D eigenvalue weighted by Crippen LogP contribution is -2.09. The van der Waals surface area contributed by atoms with Gasteiger partial charge < -0.3 is 15.3 Å². The topological polar surface area (TPSA) is 89.0 Å². The molecule has 6 nitrogen and oxygen atoms in total. The molecular formula is C10H13N5O. The van der Waals surface area contributed by atoms with Gasteiger partial charge in [0.25, 0.3) is 0 Å². The molecule has 16 heavy (non-hydrogen) atoms. The van der Waals surface area contributed by atoms with Crippen LogP contribution in [0.5, 0.6) is 0 Å². The summed E-state index contributed by atoms with van der Waals surface area (Å²) in [5.41, 5.74) is 4.26. The van der Waals surface area contributed by atoms with E-state index in [-0.39, 0.29) is 0 Å². The van der Waals surface area contributed by atoms with Crippen LogP contribution < -0.4 is 16.6 Å². The quantitative estimate of drug-likeness (QED) is 0.530. The number of anilines is 2. The molecule has 2 rings (SSSR count). The molecule has 0 aliphatic carbocycles. The van der Waals surface area contributed by atoms with E-state index in [1.54, 1.807) is 6.20 Å². The van der Waals surface area contributed by atoms with Gasteiger partial charge in [0.2, 0.25) is 0 Å². The van der Waals surface area contributed by atoms with Gasteiger partial charge in [-0.25, -0.2) is 10.8 Å². The molecule has 0 radical (unpaired) electrons. The maximum absolute atomic E-state index is 5.26. The third-order valence-electron chi connectivity index (χ3n) is 2.06. The van der Waals surface area contributed by atoms with Crippen molar-refractivity contribution in [2.24, 2.45) is 5.84 Å².